The molecule has 1 aliphatic carbocycles. The number of alkyl halides is 1. The minimum atomic E-state index is -1.15. The van der Waals surface area contributed by atoms with Gasteiger partial charge in [0.05, 0.1) is 6.61 Å². The molecular weight excluding hydrogens is 299 g/mol. The molecule has 5 heteroatoms. The van der Waals surface area contributed by atoms with E-state index in [4.69, 9.17) is 18.9 Å². The highest BCUT2D eigenvalue weighted by Gasteiger charge is 2.69. The topological polar surface area (TPSA) is 36.9 Å². The summed E-state index contributed by atoms with van der Waals surface area (Å²) in [6.45, 7) is 7.87. The summed E-state index contributed by atoms with van der Waals surface area (Å²) in [4.78, 5) is 0. The van der Waals surface area contributed by atoms with E-state index in [-0.39, 0.29) is 6.42 Å². The lowest BCUT2D eigenvalue weighted by molar-refractivity contribution is -0.229. The molecule has 2 saturated heterocycles. The number of hydrogen-bond donors (Lipinski definition) is 0. The highest BCUT2D eigenvalue weighted by Crippen LogP contribution is 2.54. The lowest BCUT2D eigenvalue weighted by Gasteiger charge is -2.33. The standard InChI is InChI=1S/C18H21FO4/c1-11-13(19)9-18(20-10-12-7-5-4-6-8-12)14(11)21-16-15(18)22-17(2,3)23-16/h4-8,13-16H,1,9-10H2,2-3H3/t13-,14+,15?,16+,18+/m0/s1. The van der Waals surface area contributed by atoms with Gasteiger partial charge in [-0.3, -0.25) is 0 Å². The molecule has 0 spiro atoms. The molecular formula is C18H21FO4. The van der Waals surface area contributed by atoms with Crippen LogP contribution >= 0.6 is 0 Å². The zero-order valence-corrected chi connectivity index (χ0v) is 13.3. The minimum absolute atomic E-state index is 0.184. The fourth-order valence-corrected chi connectivity index (χ4v) is 3.77. The summed E-state index contributed by atoms with van der Waals surface area (Å²) in [5.74, 6) is -0.765. The molecule has 1 saturated carbocycles. The van der Waals surface area contributed by atoms with Gasteiger partial charge in [-0.2, -0.15) is 0 Å². The van der Waals surface area contributed by atoms with Crippen molar-refractivity contribution in [2.45, 2.75) is 62.9 Å². The Labute approximate surface area is 135 Å². The fraction of sp³-hybridized carbons (Fsp3) is 0.556. The smallest absolute Gasteiger partial charge is 0.190 e. The van der Waals surface area contributed by atoms with Crippen molar-refractivity contribution in [3.63, 3.8) is 0 Å². The van der Waals surface area contributed by atoms with Gasteiger partial charge in [0.25, 0.3) is 0 Å². The Morgan fingerprint density at radius 2 is 2.00 bits per heavy atom. The second-order valence-corrected chi connectivity index (χ2v) is 6.92. The van der Waals surface area contributed by atoms with Gasteiger partial charge in [0.1, 0.15) is 24.0 Å². The zero-order chi connectivity index (χ0) is 16.2. The van der Waals surface area contributed by atoms with Crippen molar-refractivity contribution in [2.75, 3.05) is 0 Å². The molecule has 1 aromatic rings. The summed E-state index contributed by atoms with van der Waals surface area (Å²) < 4.78 is 38.2. The highest BCUT2D eigenvalue weighted by molar-refractivity contribution is 5.30. The Bertz CT molecular complexity index is 617. The number of benzene rings is 1. The third-order valence-electron chi connectivity index (χ3n) is 4.84. The van der Waals surface area contributed by atoms with E-state index < -0.39 is 36.1 Å². The molecule has 0 N–H and O–H groups in total. The SMILES string of the molecule is C=C1[C@H]2O[C@@H]3OC(C)(C)OC3[C@@]2(OCc2ccccc2)C[C@@H]1F. The van der Waals surface area contributed by atoms with Crippen molar-refractivity contribution in [3.05, 3.63) is 48.0 Å². The molecule has 0 aromatic heterocycles. The Morgan fingerprint density at radius 1 is 1.26 bits per heavy atom. The molecule has 3 fully saturated rings. The van der Waals surface area contributed by atoms with Crippen LogP contribution in [-0.2, 0) is 25.6 Å². The first-order chi connectivity index (χ1) is 10.9. The predicted molar refractivity (Wildman–Crippen MR) is 81.3 cm³/mol. The summed E-state index contributed by atoms with van der Waals surface area (Å²) in [5, 5.41) is 0. The molecule has 23 heavy (non-hydrogen) atoms. The number of rotatable bonds is 3. The van der Waals surface area contributed by atoms with Crippen molar-refractivity contribution in [1.29, 1.82) is 0 Å². The van der Waals surface area contributed by atoms with E-state index in [1.54, 1.807) is 0 Å². The zero-order valence-electron chi connectivity index (χ0n) is 13.3. The summed E-state index contributed by atoms with van der Waals surface area (Å²) in [6, 6.07) is 9.80. The minimum Gasteiger partial charge on any atom is -0.364 e. The Hall–Kier alpha value is -1.27. The van der Waals surface area contributed by atoms with Crippen LogP contribution in [0.5, 0.6) is 0 Å². The molecule has 0 amide bonds. The first kappa shape index (κ1) is 15.3. The average Bonchev–Trinajstić information content (AvgIpc) is 3.05. The number of halogens is 1. The van der Waals surface area contributed by atoms with Crippen LogP contribution in [0, 0.1) is 0 Å². The van der Waals surface area contributed by atoms with E-state index in [1.165, 1.54) is 0 Å². The van der Waals surface area contributed by atoms with Gasteiger partial charge in [-0.25, -0.2) is 4.39 Å². The van der Waals surface area contributed by atoms with Crippen LogP contribution in [0.4, 0.5) is 4.39 Å². The van der Waals surface area contributed by atoms with Crippen molar-refractivity contribution in [3.8, 4) is 0 Å². The molecule has 0 bridgehead atoms. The molecule has 0 radical (unpaired) electrons. The van der Waals surface area contributed by atoms with Gasteiger partial charge in [-0.05, 0) is 25.0 Å². The van der Waals surface area contributed by atoms with E-state index in [2.05, 4.69) is 6.58 Å². The van der Waals surface area contributed by atoms with E-state index >= 15 is 0 Å². The van der Waals surface area contributed by atoms with Crippen LogP contribution in [0.2, 0.25) is 0 Å². The van der Waals surface area contributed by atoms with Gasteiger partial charge in [0, 0.05) is 6.42 Å². The van der Waals surface area contributed by atoms with Crippen LogP contribution in [0.3, 0.4) is 0 Å². The first-order valence-electron chi connectivity index (χ1n) is 7.93. The van der Waals surface area contributed by atoms with Crippen LogP contribution in [0.15, 0.2) is 42.5 Å². The molecule has 3 aliphatic rings. The Morgan fingerprint density at radius 3 is 2.74 bits per heavy atom. The Kier molecular flexibility index (Phi) is 3.39. The summed E-state index contributed by atoms with van der Waals surface area (Å²) in [7, 11) is 0. The quantitative estimate of drug-likeness (QED) is 0.802. The van der Waals surface area contributed by atoms with Crippen molar-refractivity contribution >= 4 is 0 Å². The molecule has 2 heterocycles. The lowest BCUT2D eigenvalue weighted by Crippen LogP contribution is -2.48. The van der Waals surface area contributed by atoms with Crippen molar-refractivity contribution in [2.24, 2.45) is 0 Å². The van der Waals surface area contributed by atoms with Crippen LogP contribution < -0.4 is 0 Å². The van der Waals surface area contributed by atoms with Gasteiger partial charge in [-0.15, -0.1) is 0 Å². The van der Waals surface area contributed by atoms with E-state index in [9.17, 15) is 4.39 Å². The van der Waals surface area contributed by atoms with E-state index in [0.29, 0.717) is 12.2 Å². The summed E-state index contributed by atoms with van der Waals surface area (Å²) in [6.07, 6.45) is -2.50. The third kappa shape index (κ3) is 2.34. The largest absolute Gasteiger partial charge is 0.364 e. The fourth-order valence-electron chi connectivity index (χ4n) is 3.77. The van der Waals surface area contributed by atoms with Gasteiger partial charge < -0.3 is 18.9 Å². The maximum atomic E-state index is 14.3. The predicted octanol–water partition coefficient (Wildman–Crippen LogP) is 3.12. The normalized spacial score (nSPS) is 41.1. The third-order valence-corrected chi connectivity index (χ3v) is 4.84. The molecule has 124 valence electrons. The Balaban J connectivity index is 1.62. The lowest BCUT2D eigenvalue weighted by atomic mass is 9.93. The molecule has 2 aliphatic heterocycles. The van der Waals surface area contributed by atoms with Gasteiger partial charge in [0.2, 0.25) is 0 Å². The number of fused-ring (bicyclic) bond motifs is 3. The second-order valence-electron chi connectivity index (χ2n) is 6.92. The van der Waals surface area contributed by atoms with Gasteiger partial charge in [0.15, 0.2) is 12.1 Å². The second kappa shape index (κ2) is 5.11. The maximum Gasteiger partial charge on any atom is 0.190 e. The highest BCUT2D eigenvalue weighted by atomic mass is 19.1. The van der Waals surface area contributed by atoms with Gasteiger partial charge in [-0.1, -0.05) is 36.9 Å². The average molecular weight is 320 g/mol. The van der Waals surface area contributed by atoms with Crippen LogP contribution in [0.1, 0.15) is 25.8 Å². The number of ether oxygens (including phenoxy) is 4. The monoisotopic (exact) mass is 320 g/mol. The molecule has 1 aromatic carbocycles. The summed E-state index contributed by atoms with van der Waals surface area (Å²) >= 11 is 0. The van der Waals surface area contributed by atoms with E-state index in [1.807, 2.05) is 44.2 Å². The molecule has 4 rings (SSSR count). The van der Waals surface area contributed by atoms with Crippen LogP contribution in [-0.4, -0.2) is 36.1 Å². The number of hydrogen-bond acceptors (Lipinski definition) is 4. The van der Waals surface area contributed by atoms with E-state index in [0.717, 1.165) is 5.56 Å². The van der Waals surface area contributed by atoms with Gasteiger partial charge >= 0.3 is 0 Å². The molecule has 4 nitrogen and oxygen atoms in total. The van der Waals surface area contributed by atoms with Crippen molar-refractivity contribution < 1.29 is 23.3 Å². The van der Waals surface area contributed by atoms with Crippen molar-refractivity contribution in [1.82, 2.24) is 0 Å². The summed E-state index contributed by atoms with van der Waals surface area (Å²) in [5.41, 5.74) is 0.553. The molecule has 5 atom stereocenters. The first-order valence-corrected chi connectivity index (χ1v) is 7.93. The molecule has 1 unspecified atom stereocenters. The van der Waals surface area contributed by atoms with Crippen LogP contribution in [0.25, 0.3) is 0 Å². The maximum absolute atomic E-state index is 14.3.